The molecule has 0 saturated carbocycles. The summed E-state index contributed by atoms with van der Waals surface area (Å²) >= 11 is 0. The van der Waals surface area contributed by atoms with E-state index in [1.54, 1.807) is 12.1 Å². The molecular weight excluding hydrogens is 221 g/mol. The molecule has 0 radical (unpaired) electrons. The molecule has 1 saturated heterocycles. The molecule has 0 spiro atoms. The lowest BCUT2D eigenvalue weighted by atomic mass is 10.3. The van der Waals surface area contributed by atoms with Gasteiger partial charge >= 0.3 is 0 Å². The van der Waals surface area contributed by atoms with Gasteiger partial charge in [0.1, 0.15) is 5.82 Å². The summed E-state index contributed by atoms with van der Waals surface area (Å²) in [7, 11) is 0. The fourth-order valence-electron chi connectivity index (χ4n) is 1.88. The third-order valence-electron chi connectivity index (χ3n) is 2.73. The van der Waals surface area contributed by atoms with Crippen LogP contribution in [0.25, 0.3) is 5.69 Å². The molecule has 0 unspecified atom stereocenters. The molecule has 1 fully saturated rings. The Morgan fingerprint density at radius 1 is 1.06 bits per heavy atom. The second-order valence-corrected chi connectivity index (χ2v) is 3.90. The van der Waals surface area contributed by atoms with Crippen LogP contribution in [0.4, 0.5) is 4.39 Å². The molecular formula is C13H12FNO2. The van der Waals surface area contributed by atoms with E-state index in [1.165, 1.54) is 12.1 Å². The fourth-order valence-corrected chi connectivity index (χ4v) is 1.88. The maximum Gasteiger partial charge on any atom is 0.185 e. The second kappa shape index (κ2) is 4.31. The summed E-state index contributed by atoms with van der Waals surface area (Å²) in [6, 6.07) is 8.29. The minimum atomic E-state index is -0.267. The summed E-state index contributed by atoms with van der Waals surface area (Å²) in [6.07, 6.45) is 3.58. The molecule has 2 aromatic rings. The molecule has 1 aromatic heterocycles. The van der Waals surface area contributed by atoms with Gasteiger partial charge in [0.15, 0.2) is 6.29 Å². The van der Waals surface area contributed by atoms with Crippen molar-refractivity contribution < 1.29 is 13.9 Å². The van der Waals surface area contributed by atoms with E-state index in [1.807, 2.05) is 23.0 Å². The molecule has 0 atom stereocenters. The lowest BCUT2D eigenvalue weighted by molar-refractivity contribution is -0.0440. The highest BCUT2D eigenvalue weighted by molar-refractivity contribution is 5.34. The van der Waals surface area contributed by atoms with Crippen LogP contribution in [-0.2, 0) is 9.47 Å². The maximum absolute atomic E-state index is 12.8. The Morgan fingerprint density at radius 3 is 2.47 bits per heavy atom. The van der Waals surface area contributed by atoms with E-state index < -0.39 is 0 Å². The zero-order chi connectivity index (χ0) is 11.7. The van der Waals surface area contributed by atoms with Gasteiger partial charge in [0, 0.05) is 23.6 Å². The van der Waals surface area contributed by atoms with Crippen molar-refractivity contribution in [2.45, 2.75) is 6.29 Å². The predicted molar refractivity (Wildman–Crippen MR) is 60.4 cm³/mol. The minimum absolute atomic E-state index is 0.233. The highest BCUT2D eigenvalue weighted by Gasteiger charge is 2.19. The van der Waals surface area contributed by atoms with E-state index in [0.717, 1.165) is 11.3 Å². The van der Waals surface area contributed by atoms with Crippen LogP contribution in [0.1, 0.15) is 11.9 Å². The number of aromatic nitrogens is 1. The van der Waals surface area contributed by atoms with Crippen LogP contribution < -0.4 is 0 Å². The van der Waals surface area contributed by atoms with Gasteiger partial charge in [-0.15, -0.1) is 0 Å². The van der Waals surface area contributed by atoms with Crippen LogP contribution in [0.5, 0.6) is 0 Å². The largest absolute Gasteiger partial charge is 0.346 e. The quantitative estimate of drug-likeness (QED) is 0.796. The van der Waals surface area contributed by atoms with Gasteiger partial charge in [0.2, 0.25) is 0 Å². The lowest BCUT2D eigenvalue weighted by Gasteiger charge is -2.06. The first-order valence-electron chi connectivity index (χ1n) is 5.50. The Balaban J connectivity index is 1.86. The third kappa shape index (κ3) is 2.09. The summed E-state index contributed by atoms with van der Waals surface area (Å²) in [5.74, 6) is -0.233. The molecule has 1 aliphatic heterocycles. The fraction of sp³-hybridized carbons (Fsp3) is 0.231. The number of hydrogen-bond donors (Lipinski definition) is 0. The van der Waals surface area contributed by atoms with Crippen LogP contribution in [0.3, 0.4) is 0 Å². The SMILES string of the molecule is Fc1ccc(-n2ccc(C3OCCO3)c2)cc1. The third-order valence-corrected chi connectivity index (χ3v) is 2.73. The van der Waals surface area contributed by atoms with Crippen molar-refractivity contribution >= 4 is 0 Å². The van der Waals surface area contributed by atoms with Gasteiger partial charge in [-0.25, -0.2) is 4.39 Å². The normalized spacial score (nSPS) is 16.5. The number of hydrogen-bond acceptors (Lipinski definition) is 2. The highest BCUT2D eigenvalue weighted by atomic mass is 19.1. The van der Waals surface area contributed by atoms with Crippen molar-refractivity contribution in [2.75, 3.05) is 13.2 Å². The van der Waals surface area contributed by atoms with Gasteiger partial charge in [-0.1, -0.05) is 0 Å². The molecule has 1 aliphatic rings. The molecule has 17 heavy (non-hydrogen) atoms. The summed E-state index contributed by atoms with van der Waals surface area (Å²) < 4.78 is 25.5. The van der Waals surface area contributed by atoms with Crippen molar-refractivity contribution in [2.24, 2.45) is 0 Å². The van der Waals surface area contributed by atoms with Gasteiger partial charge in [0.05, 0.1) is 13.2 Å². The Morgan fingerprint density at radius 2 is 1.76 bits per heavy atom. The van der Waals surface area contributed by atoms with E-state index in [9.17, 15) is 4.39 Å². The molecule has 1 aromatic carbocycles. The predicted octanol–water partition coefficient (Wildman–Crippen LogP) is 2.66. The van der Waals surface area contributed by atoms with Crippen molar-refractivity contribution in [1.82, 2.24) is 4.57 Å². The Hall–Kier alpha value is -1.65. The van der Waals surface area contributed by atoms with Gasteiger partial charge in [-0.05, 0) is 30.3 Å². The maximum atomic E-state index is 12.8. The minimum Gasteiger partial charge on any atom is -0.346 e. The average molecular weight is 233 g/mol. The number of rotatable bonds is 2. The van der Waals surface area contributed by atoms with E-state index in [4.69, 9.17) is 9.47 Å². The van der Waals surface area contributed by atoms with E-state index in [2.05, 4.69) is 0 Å². The number of benzene rings is 1. The van der Waals surface area contributed by atoms with Gasteiger partial charge in [-0.3, -0.25) is 0 Å². The molecule has 0 bridgehead atoms. The zero-order valence-electron chi connectivity index (χ0n) is 9.17. The van der Waals surface area contributed by atoms with E-state index >= 15 is 0 Å². The van der Waals surface area contributed by atoms with Crippen LogP contribution in [0.2, 0.25) is 0 Å². The highest BCUT2D eigenvalue weighted by Crippen LogP contribution is 2.24. The summed E-state index contributed by atoms with van der Waals surface area (Å²) in [4.78, 5) is 0. The first-order chi connectivity index (χ1) is 8.33. The molecule has 0 aliphatic carbocycles. The Kier molecular flexibility index (Phi) is 2.66. The molecule has 0 N–H and O–H groups in total. The Bertz CT molecular complexity index is 500. The molecule has 3 rings (SSSR count). The Labute approximate surface area is 98.4 Å². The number of nitrogens with zero attached hydrogens (tertiary/aromatic N) is 1. The first-order valence-corrected chi connectivity index (χ1v) is 5.50. The van der Waals surface area contributed by atoms with Gasteiger partial charge in [-0.2, -0.15) is 0 Å². The van der Waals surface area contributed by atoms with Crippen molar-refractivity contribution in [3.8, 4) is 5.69 Å². The first kappa shape index (κ1) is 10.5. The lowest BCUT2D eigenvalue weighted by Crippen LogP contribution is -1.96. The van der Waals surface area contributed by atoms with Crippen LogP contribution in [0.15, 0.2) is 42.7 Å². The zero-order valence-corrected chi connectivity index (χ0v) is 9.17. The summed E-state index contributed by atoms with van der Waals surface area (Å²) in [5.41, 5.74) is 1.89. The van der Waals surface area contributed by atoms with E-state index in [0.29, 0.717) is 13.2 Å². The van der Waals surface area contributed by atoms with E-state index in [-0.39, 0.29) is 12.1 Å². The van der Waals surface area contributed by atoms with Gasteiger partial charge < -0.3 is 14.0 Å². The van der Waals surface area contributed by atoms with Crippen LogP contribution >= 0.6 is 0 Å². The smallest absolute Gasteiger partial charge is 0.185 e. The number of ether oxygens (including phenoxy) is 2. The van der Waals surface area contributed by atoms with Crippen molar-refractivity contribution in [1.29, 1.82) is 0 Å². The standard InChI is InChI=1S/C13H12FNO2/c14-11-1-3-12(4-2-11)15-6-5-10(9-15)13-16-7-8-17-13/h1-6,9,13H,7-8H2. The molecule has 2 heterocycles. The molecule has 0 amide bonds. The monoisotopic (exact) mass is 233 g/mol. The van der Waals surface area contributed by atoms with Crippen LogP contribution in [-0.4, -0.2) is 17.8 Å². The molecule has 4 heteroatoms. The molecule has 3 nitrogen and oxygen atoms in total. The van der Waals surface area contributed by atoms with Crippen molar-refractivity contribution in [3.05, 3.63) is 54.1 Å². The number of halogens is 1. The molecule has 88 valence electrons. The van der Waals surface area contributed by atoms with Crippen molar-refractivity contribution in [3.63, 3.8) is 0 Å². The van der Waals surface area contributed by atoms with Crippen LogP contribution in [0, 0.1) is 5.82 Å². The summed E-state index contributed by atoms with van der Waals surface area (Å²) in [6.45, 7) is 1.26. The van der Waals surface area contributed by atoms with Gasteiger partial charge in [0.25, 0.3) is 0 Å². The second-order valence-electron chi connectivity index (χ2n) is 3.90. The topological polar surface area (TPSA) is 23.4 Å². The summed E-state index contributed by atoms with van der Waals surface area (Å²) in [5, 5.41) is 0. The average Bonchev–Trinajstić information content (AvgIpc) is 3.00.